The van der Waals surface area contributed by atoms with E-state index in [1.54, 1.807) is 0 Å². The molecule has 1 aliphatic rings. The van der Waals surface area contributed by atoms with Gasteiger partial charge in [0.2, 0.25) is 0 Å². The molecule has 0 N–H and O–H groups in total. The first-order chi connectivity index (χ1) is 5.29. The fraction of sp³-hybridized carbons (Fsp3) is 0.200. The Balaban J connectivity index is 2.69. The molecule has 0 saturated carbocycles. The Labute approximate surface area is 64.5 Å². The number of carbonyl (C=O) groups is 1. The molecule has 5 nitrogen and oxygen atoms in total. The number of hydrogen-bond donors (Lipinski definition) is 0. The summed E-state index contributed by atoms with van der Waals surface area (Å²) in [5, 5.41) is 4.04. The lowest BCUT2D eigenvalue weighted by Crippen LogP contribution is -2.44. The molecule has 0 aliphatic carbocycles. The standard InChI is InChI=1S/C5H4N3O2S/c9-4-2-11(10)5-1-6-3-7-8(4)5/h1,3H,2H2/q+1. The minimum absolute atomic E-state index is 0.0265. The molecule has 56 valence electrons. The van der Waals surface area contributed by atoms with Crippen LogP contribution in [0.5, 0.6) is 0 Å². The molecule has 1 aliphatic heterocycles. The molecule has 0 bridgehead atoms. The summed E-state index contributed by atoms with van der Waals surface area (Å²) in [6.45, 7) is 0. The third-order valence-electron chi connectivity index (χ3n) is 1.35. The van der Waals surface area contributed by atoms with Crippen LogP contribution in [0.1, 0.15) is 4.79 Å². The highest BCUT2D eigenvalue weighted by Crippen LogP contribution is 2.02. The third-order valence-corrected chi connectivity index (χ3v) is 2.61. The molecule has 1 unspecified atom stereocenters. The molecule has 0 amide bonds. The van der Waals surface area contributed by atoms with Crippen LogP contribution in [0.3, 0.4) is 0 Å². The van der Waals surface area contributed by atoms with Crippen molar-refractivity contribution in [3.8, 4) is 0 Å². The summed E-state index contributed by atoms with van der Waals surface area (Å²) in [5.41, 5.74) is 0. The summed E-state index contributed by atoms with van der Waals surface area (Å²) < 4.78 is 12.2. The summed E-state index contributed by atoms with van der Waals surface area (Å²) in [4.78, 5) is 14.6. The minimum atomic E-state index is -1.24. The second-order valence-corrected chi connectivity index (χ2v) is 3.44. The van der Waals surface area contributed by atoms with E-state index in [0.29, 0.717) is 5.03 Å². The highest BCUT2D eigenvalue weighted by Gasteiger charge is 2.37. The molecular weight excluding hydrogens is 166 g/mol. The number of hydrogen-bond acceptors (Lipinski definition) is 4. The lowest BCUT2D eigenvalue weighted by Gasteiger charge is -1.80. The topological polar surface area (TPSA) is 63.8 Å². The summed E-state index contributed by atoms with van der Waals surface area (Å²) in [5.74, 6) is -0.209. The first-order valence-electron chi connectivity index (χ1n) is 2.93. The van der Waals surface area contributed by atoms with Crippen LogP contribution in [-0.2, 0) is 10.8 Å². The van der Waals surface area contributed by atoms with Crippen molar-refractivity contribution >= 4 is 16.7 Å². The van der Waals surface area contributed by atoms with Gasteiger partial charge in [-0.25, -0.2) is 14.0 Å². The van der Waals surface area contributed by atoms with Gasteiger partial charge in [-0.05, 0) is 0 Å². The molecule has 0 saturated heterocycles. The van der Waals surface area contributed by atoms with Crippen LogP contribution < -0.4 is 4.68 Å². The molecular formula is C5H4N3O2S+. The van der Waals surface area contributed by atoms with Crippen LogP contribution >= 0.6 is 0 Å². The fourth-order valence-corrected chi connectivity index (χ4v) is 1.89. The molecule has 0 radical (unpaired) electrons. The first-order valence-corrected chi connectivity index (χ1v) is 4.25. The van der Waals surface area contributed by atoms with Crippen LogP contribution in [0.2, 0.25) is 0 Å². The van der Waals surface area contributed by atoms with Gasteiger partial charge in [-0.15, -0.1) is 0 Å². The molecule has 2 rings (SSSR count). The highest BCUT2D eigenvalue weighted by atomic mass is 32.2. The normalized spacial score (nSPS) is 21.8. The number of rotatable bonds is 0. The SMILES string of the molecule is O=C1CS(=O)c2cncn[n+]21. The predicted molar refractivity (Wildman–Crippen MR) is 34.1 cm³/mol. The highest BCUT2D eigenvalue weighted by molar-refractivity contribution is 7.85. The zero-order valence-electron chi connectivity index (χ0n) is 5.43. The molecule has 2 heterocycles. The van der Waals surface area contributed by atoms with E-state index in [2.05, 4.69) is 10.1 Å². The van der Waals surface area contributed by atoms with E-state index in [1.807, 2.05) is 0 Å². The van der Waals surface area contributed by atoms with Crippen LogP contribution in [0.4, 0.5) is 0 Å². The average Bonchev–Trinajstić information content (AvgIpc) is 2.30. The average molecular weight is 170 g/mol. The molecule has 1 aromatic heterocycles. The molecule has 1 atom stereocenters. The van der Waals surface area contributed by atoms with E-state index in [-0.39, 0.29) is 11.7 Å². The van der Waals surface area contributed by atoms with E-state index in [1.165, 1.54) is 12.5 Å². The van der Waals surface area contributed by atoms with Gasteiger partial charge in [-0.2, -0.15) is 0 Å². The van der Waals surface area contributed by atoms with E-state index in [9.17, 15) is 9.00 Å². The van der Waals surface area contributed by atoms with E-state index in [4.69, 9.17) is 0 Å². The molecule has 6 heteroatoms. The monoisotopic (exact) mass is 170 g/mol. The largest absolute Gasteiger partial charge is 0.431 e. The number of aromatic nitrogens is 3. The van der Waals surface area contributed by atoms with Gasteiger partial charge in [0.1, 0.15) is 17.0 Å². The number of nitrogens with zero attached hydrogens (tertiary/aromatic N) is 3. The van der Waals surface area contributed by atoms with Gasteiger partial charge in [-0.3, -0.25) is 0 Å². The molecule has 0 spiro atoms. The van der Waals surface area contributed by atoms with Crippen LogP contribution in [-0.4, -0.2) is 26.0 Å². The van der Waals surface area contributed by atoms with Gasteiger partial charge in [0.25, 0.3) is 0 Å². The Morgan fingerprint density at radius 1 is 1.64 bits per heavy atom. The Kier molecular flexibility index (Phi) is 1.28. The van der Waals surface area contributed by atoms with Gasteiger partial charge in [0.15, 0.2) is 12.1 Å². The Morgan fingerprint density at radius 3 is 3.18 bits per heavy atom. The van der Waals surface area contributed by atoms with Crippen molar-refractivity contribution in [2.75, 3.05) is 5.75 Å². The van der Waals surface area contributed by atoms with Crippen LogP contribution in [0.15, 0.2) is 17.6 Å². The zero-order chi connectivity index (χ0) is 7.84. The number of carbonyl (C=O) groups excluding carboxylic acids is 1. The molecule has 1 aromatic rings. The lowest BCUT2D eigenvalue weighted by molar-refractivity contribution is -0.671. The van der Waals surface area contributed by atoms with E-state index in [0.717, 1.165) is 4.68 Å². The van der Waals surface area contributed by atoms with Crippen molar-refractivity contribution in [2.45, 2.75) is 5.03 Å². The third kappa shape index (κ3) is 0.864. The quantitative estimate of drug-likeness (QED) is 0.446. The van der Waals surface area contributed by atoms with Crippen molar-refractivity contribution in [2.24, 2.45) is 0 Å². The lowest BCUT2D eigenvalue weighted by atomic mass is 10.7. The van der Waals surface area contributed by atoms with Crippen molar-refractivity contribution in [3.63, 3.8) is 0 Å². The summed E-state index contributed by atoms with van der Waals surface area (Å²) in [6, 6.07) is 0. The molecule has 0 aromatic carbocycles. The molecule has 11 heavy (non-hydrogen) atoms. The first kappa shape index (κ1) is 6.53. The van der Waals surface area contributed by atoms with Gasteiger partial charge in [0, 0.05) is 9.78 Å². The van der Waals surface area contributed by atoms with E-state index >= 15 is 0 Å². The second-order valence-electron chi connectivity index (χ2n) is 2.04. The summed E-state index contributed by atoms with van der Waals surface area (Å²) in [6.07, 6.45) is 2.65. The maximum absolute atomic E-state index is 11.1. The van der Waals surface area contributed by atoms with E-state index < -0.39 is 10.8 Å². The summed E-state index contributed by atoms with van der Waals surface area (Å²) in [7, 11) is -1.24. The summed E-state index contributed by atoms with van der Waals surface area (Å²) >= 11 is 0. The van der Waals surface area contributed by atoms with Gasteiger partial charge < -0.3 is 0 Å². The minimum Gasteiger partial charge on any atom is -0.247 e. The van der Waals surface area contributed by atoms with Crippen molar-refractivity contribution in [1.29, 1.82) is 0 Å². The van der Waals surface area contributed by atoms with Gasteiger partial charge in [-0.1, -0.05) is 0 Å². The fourth-order valence-electron chi connectivity index (χ4n) is 0.880. The smallest absolute Gasteiger partial charge is 0.247 e. The van der Waals surface area contributed by atoms with Crippen LogP contribution in [0, 0.1) is 0 Å². The zero-order valence-corrected chi connectivity index (χ0v) is 6.24. The Bertz CT molecular complexity index is 318. The van der Waals surface area contributed by atoms with Gasteiger partial charge >= 0.3 is 10.9 Å². The maximum Gasteiger partial charge on any atom is 0.431 e. The number of fused-ring (bicyclic) bond motifs is 1. The predicted octanol–water partition coefficient (Wildman–Crippen LogP) is -1.47. The maximum atomic E-state index is 11.1. The van der Waals surface area contributed by atoms with Crippen molar-refractivity contribution in [1.82, 2.24) is 10.1 Å². The van der Waals surface area contributed by atoms with Crippen LogP contribution in [0.25, 0.3) is 0 Å². The Morgan fingerprint density at radius 2 is 2.45 bits per heavy atom. The Hall–Kier alpha value is -1.17. The van der Waals surface area contributed by atoms with Gasteiger partial charge in [0.05, 0.1) is 0 Å². The molecule has 0 fully saturated rings. The van der Waals surface area contributed by atoms with Crippen molar-refractivity contribution < 1.29 is 13.7 Å². The second kappa shape index (κ2) is 2.16. The van der Waals surface area contributed by atoms with Crippen molar-refractivity contribution in [3.05, 3.63) is 12.5 Å².